The van der Waals surface area contributed by atoms with E-state index in [4.69, 9.17) is 21.4 Å². The fourth-order valence-electron chi connectivity index (χ4n) is 3.71. The molecular weight excluding hydrogens is 476 g/mol. The van der Waals surface area contributed by atoms with Crippen molar-refractivity contribution >= 4 is 35.5 Å². The van der Waals surface area contributed by atoms with Gasteiger partial charge in [-0.2, -0.15) is 0 Å². The molecule has 3 amide bonds. The number of aliphatic carboxylic acids is 1. The first-order valence-electron chi connectivity index (χ1n) is 11.2. The molecule has 0 unspecified atom stereocenters. The summed E-state index contributed by atoms with van der Waals surface area (Å²) >= 11 is 6.14. The Hall–Kier alpha value is -3.66. The fraction of sp³-hybridized carbons (Fsp3) is 0.375. The molecule has 0 saturated carbocycles. The van der Waals surface area contributed by atoms with Crippen LogP contribution in [0.5, 0.6) is 0 Å². The van der Waals surface area contributed by atoms with Crippen molar-refractivity contribution in [2.45, 2.75) is 25.8 Å². The van der Waals surface area contributed by atoms with E-state index >= 15 is 0 Å². The number of halogens is 1. The summed E-state index contributed by atoms with van der Waals surface area (Å²) < 4.78 is 4.99. The van der Waals surface area contributed by atoms with Crippen LogP contribution < -0.4 is 5.32 Å². The van der Waals surface area contributed by atoms with E-state index in [0.29, 0.717) is 5.56 Å². The molecule has 1 aliphatic rings. The molecule has 186 valence electrons. The second kappa shape index (κ2) is 12.2. The third-order valence-electron chi connectivity index (χ3n) is 5.50. The number of rotatable bonds is 8. The molecule has 35 heavy (non-hydrogen) atoms. The summed E-state index contributed by atoms with van der Waals surface area (Å²) in [6.07, 6.45) is -0.849. The summed E-state index contributed by atoms with van der Waals surface area (Å²) in [4.78, 5) is 56.3. The number of pyridine rings is 1. The summed E-state index contributed by atoms with van der Waals surface area (Å²) in [5.41, 5.74) is 1.53. The van der Waals surface area contributed by atoms with Gasteiger partial charge in [0, 0.05) is 32.6 Å². The number of hydrogen-bond donors (Lipinski definition) is 2. The van der Waals surface area contributed by atoms with Crippen molar-refractivity contribution in [3.8, 4) is 11.1 Å². The van der Waals surface area contributed by atoms with Crippen molar-refractivity contribution in [3.05, 3.63) is 53.3 Å². The zero-order chi connectivity index (χ0) is 25.4. The minimum atomic E-state index is -1.09. The van der Waals surface area contributed by atoms with Gasteiger partial charge in [-0.25, -0.2) is 9.78 Å². The number of ether oxygens (including phenoxy) is 1. The highest BCUT2D eigenvalue weighted by Crippen LogP contribution is 2.23. The fourth-order valence-corrected chi connectivity index (χ4v) is 3.92. The van der Waals surface area contributed by atoms with Crippen LogP contribution in [0.1, 0.15) is 30.3 Å². The van der Waals surface area contributed by atoms with Gasteiger partial charge in [-0.1, -0.05) is 41.9 Å². The molecule has 0 spiro atoms. The van der Waals surface area contributed by atoms with Gasteiger partial charge >= 0.3 is 12.1 Å². The van der Waals surface area contributed by atoms with E-state index in [1.807, 2.05) is 30.3 Å². The highest BCUT2D eigenvalue weighted by molar-refractivity contribution is 6.29. The predicted octanol–water partition coefficient (Wildman–Crippen LogP) is 2.67. The smallest absolute Gasteiger partial charge is 0.409 e. The summed E-state index contributed by atoms with van der Waals surface area (Å²) in [5, 5.41) is 11.9. The van der Waals surface area contributed by atoms with Gasteiger partial charge in [0.05, 0.1) is 6.61 Å². The average molecular weight is 503 g/mol. The standard InChI is InChI=1S/C24H27ClN4O6/c1-2-35-24(34)29-12-10-28(11-13-29)23(33)18(8-9-21(30)31)27-22(32)19-14-17(15-20(25)26-19)16-6-4-3-5-7-16/h3-7,14-15,18H,2,8-13H2,1H3,(H,27,32)(H,30,31)/t18-/m0/s1. The third kappa shape index (κ3) is 7.16. The lowest BCUT2D eigenvalue weighted by atomic mass is 10.1. The van der Waals surface area contributed by atoms with Crippen LogP contribution in [0.25, 0.3) is 11.1 Å². The van der Waals surface area contributed by atoms with Crippen molar-refractivity contribution < 1.29 is 29.0 Å². The van der Waals surface area contributed by atoms with Gasteiger partial charge in [0.15, 0.2) is 0 Å². The van der Waals surface area contributed by atoms with Gasteiger partial charge in [-0.15, -0.1) is 0 Å². The minimum absolute atomic E-state index is 0.0107. The van der Waals surface area contributed by atoms with Crippen LogP contribution in [0.4, 0.5) is 4.79 Å². The number of carbonyl (C=O) groups is 4. The van der Waals surface area contributed by atoms with Crippen LogP contribution in [0, 0.1) is 0 Å². The number of carboxylic acid groups (broad SMARTS) is 1. The second-order valence-electron chi connectivity index (χ2n) is 7.90. The van der Waals surface area contributed by atoms with Gasteiger partial charge in [0.1, 0.15) is 16.9 Å². The van der Waals surface area contributed by atoms with Crippen molar-refractivity contribution in [2.24, 2.45) is 0 Å². The largest absolute Gasteiger partial charge is 0.481 e. The van der Waals surface area contributed by atoms with Crippen LogP contribution in [0.3, 0.4) is 0 Å². The summed E-state index contributed by atoms with van der Waals surface area (Å²) in [6.45, 7) is 3.01. The minimum Gasteiger partial charge on any atom is -0.481 e. The number of hydrogen-bond acceptors (Lipinski definition) is 6. The van der Waals surface area contributed by atoms with Gasteiger partial charge < -0.3 is 25.0 Å². The molecule has 2 N–H and O–H groups in total. The maximum atomic E-state index is 13.2. The van der Waals surface area contributed by atoms with E-state index in [2.05, 4.69) is 10.3 Å². The van der Waals surface area contributed by atoms with Crippen LogP contribution in [0.15, 0.2) is 42.5 Å². The quantitative estimate of drug-likeness (QED) is 0.531. The molecule has 10 nitrogen and oxygen atoms in total. The Labute approximate surface area is 207 Å². The predicted molar refractivity (Wildman–Crippen MR) is 128 cm³/mol. The Bertz CT molecular complexity index is 1070. The maximum absolute atomic E-state index is 13.2. The molecule has 2 aromatic rings. The molecule has 1 atom stereocenters. The van der Waals surface area contributed by atoms with E-state index in [1.165, 1.54) is 9.80 Å². The monoisotopic (exact) mass is 502 g/mol. The average Bonchev–Trinajstić information content (AvgIpc) is 2.86. The normalized spacial score (nSPS) is 14.2. The lowest BCUT2D eigenvalue weighted by Crippen LogP contribution is -2.56. The number of nitrogens with one attached hydrogen (secondary N) is 1. The van der Waals surface area contributed by atoms with E-state index in [0.717, 1.165) is 5.56 Å². The molecule has 2 heterocycles. The van der Waals surface area contributed by atoms with Gasteiger partial charge in [0.25, 0.3) is 5.91 Å². The topological polar surface area (TPSA) is 129 Å². The van der Waals surface area contributed by atoms with Crippen molar-refractivity contribution in [2.75, 3.05) is 32.8 Å². The van der Waals surface area contributed by atoms with Gasteiger partial charge in [0.2, 0.25) is 5.91 Å². The second-order valence-corrected chi connectivity index (χ2v) is 8.29. The first-order valence-corrected chi connectivity index (χ1v) is 11.6. The highest BCUT2D eigenvalue weighted by Gasteiger charge is 2.31. The van der Waals surface area contributed by atoms with Gasteiger partial charge in [-0.3, -0.25) is 14.4 Å². The van der Waals surface area contributed by atoms with Crippen LogP contribution in [-0.4, -0.2) is 82.6 Å². The summed E-state index contributed by atoms with van der Waals surface area (Å²) in [7, 11) is 0. The Kier molecular flexibility index (Phi) is 9.02. The first kappa shape index (κ1) is 26.0. The Morgan fingerprint density at radius 2 is 1.71 bits per heavy atom. The highest BCUT2D eigenvalue weighted by atomic mass is 35.5. The lowest BCUT2D eigenvalue weighted by Gasteiger charge is -2.35. The number of carboxylic acids is 1. The van der Waals surface area contributed by atoms with Crippen molar-refractivity contribution in [1.82, 2.24) is 20.1 Å². The molecule has 1 aromatic carbocycles. The SMILES string of the molecule is CCOC(=O)N1CCN(C(=O)[C@H](CCC(=O)O)NC(=O)c2cc(-c3ccccc3)cc(Cl)n2)CC1. The number of aromatic nitrogens is 1. The summed E-state index contributed by atoms with van der Waals surface area (Å²) in [5.74, 6) is -2.15. The molecule has 0 aliphatic carbocycles. The van der Waals surface area contributed by atoms with E-state index in [9.17, 15) is 19.2 Å². The number of piperazine rings is 1. The third-order valence-corrected chi connectivity index (χ3v) is 5.70. The lowest BCUT2D eigenvalue weighted by molar-refractivity contribution is -0.138. The van der Waals surface area contributed by atoms with Crippen molar-refractivity contribution in [1.29, 1.82) is 0 Å². The first-order chi connectivity index (χ1) is 16.8. The van der Waals surface area contributed by atoms with E-state index in [1.54, 1.807) is 19.1 Å². The molecule has 11 heteroatoms. The number of carbonyl (C=O) groups excluding carboxylic acids is 3. The Morgan fingerprint density at radius 3 is 2.34 bits per heavy atom. The van der Waals surface area contributed by atoms with E-state index in [-0.39, 0.29) is 56.5 Å². The van der Waals surface area contributed by atoms with E-state index < -0.39 is 29.9 Å². The number of nitrogens with zero attached hydrogens (tertiary/aromatic N) is 3. The molecule has 0 bridgehead atoms. The zero-order valence-electron chi connectivity index (χ0n) is 19.3. The Morgan fingerprint density at radius 1 is 1.06 bits per heavy atom. The molecule has 3 rings (SSSR count). The van der Waals surface area contributed by atoms with Gasteiger partial charge in [-0.05, 0) is 36.6 Å². The maximum Gasteiger partial charge on any atom is 0.409 e. The molecule has 0 radical (unpaired) electrons. The summed E-state index contributed by atoms with van der Waals surface area (Å²) in [6, 6.07) is 11.4. The van der Waals surface area contributed by atoms with Crippen LogP contribution >= 0.6 is 11.6 Å². The molecule has 1 saturated heterocycles. The van der Waals surface area contributed by atoms with Crippen LogP contribution in [0.2, 0.25) is 5.15 Å². The number of benzene rings is 1. The molecule has 1 fully saturated rings. The molecule has 1 aliphatic heterocycles. The Balaban J connectivity index is 1.73. The van der Waals surface area contributed by atoms with Crippen molar-refractivity contribution in [3.63, 3.8) is 0 Å². The van der Waals surface area contributed by atoms with Crippen LogP contribution in [-0.2, 0) is 14.3 Å². The molecular formula is C24H27ClN4O6. The zero-order valence-corrected chi connectivity index (χ0v) is 20.0. The number of amides is 3. The molecule has 1 aromatic heterocycles.